The minimum atomic E-state index is 0.391. The van der Waals surface area contributed by atoms with E-state index in [9.17, 15) is 0 Å². The van der Waals surface area contributed by atoms with Gasteiger partial charge >= 0.3 is 0 Å². The summed E-state index contributed by atoms with van der Waals surface area (Å²) in [5.74, 6) is 0. The van der Waals surface area contributed by atoms with Gasteiger partial charge in [-0.1, -0.05) is 56.0 Å². The molecule has 0 aromatic heterocycles. The van der Waals surface area contributed by atoms with E-state index >= 15 is 0 Å². The van der Waals surface area contributed by atoms with Crippen LogP contribution in [0.5, 0.6) is 0 Å². The summed E-state index contributed by atoms with van der Waals surface area (Å²) in [7, 11) is 0. The fraction of sp³-hybridized carbons (Fsp3) is 0.667. The van der Waals surface area contributed by atoms with Crippen LogP contribution in [0.1, 0.15) is 44.1 Å². The van der Waals surface area contributed by atoms with Gasteiger partial charge < -0.3 is 4.74 Å². The van der Waals surface area contributed by atoms with Crippen LogP contribution in [0.3, 0.4) is 0 Å². The molecule has 20 heavy (non-hydrogen) atoms. The van der Waals surface area contributed by atoms with E-state index < -0.39 is 0 Å². The Labute approximate surface area is 123 Å². The molecule has 2 fully saturated rings. The molecule has 2 heteroatoms. The molecule has 1 aliphatic heterocycles. The third-order valence-corrected chi connectivity index (χ3v) is 5.09. The minimum Gasteiger partial charge on any atom is -0.379 e. The highest BCUT2D eigenvalue weighted by Crippen LogP contribution is 2.36. The van der Waals surface area contributed by atoms with Crippen molar-refractivity contribution in [2.75, 3.05) is 26.3 Å². The van der Waals surface area contributed by atoms with Crippen molar-refractivity contribution in [2.24, 2.45) is 0 Å². The van der Waals surface area contributed by atoms with Crippen LogP contribution in [-0.2, 0) is 11.2 Å². The fourth-order valence-corrected chi connectivity index (χ4v) is 4.00. The Morgan fingerprint density at radius 2 is 1.55 bits per heavy atom. The Balaban J connectivity index is 1.81. The first-order valence-corrected chi connectivity index (χ1v) is 8.26. The number of morpholine rings is 1. The summed E-state index contributed by atoms with van der Waals surface area (Å²) >= 11 is 0. The van der Waals surface area contributed by atoms with E-state index in [0.29, 0.717) is 5.54 Å². The predicted molar refractivity (Wildman–Crippen MR) is 83.0 cm³/mol. The van der Waals surface area contributed by atoms with Gasteiger partial charge in [-0.15, -0.1) is 0 Å². The van der Waals surface area contributed by atoms with Crippen LogP contribution in [0.25, 0.3) is 0 Å². The molecule has 2 aliphatic rings. The quantitative estimate of drug-likeness (QED) is 0.779. The van der Waals surface area contributed by atoms with Crippen LogP contribution in [0.4, 0.5) is 0 Å². The number of ether oxygens (including phenoxy) is 1. The number of hydrogen-bond acceptors (Lipinski definition) is 2. The summed E-state index contributed by atoms with van der Waals surface area (Å²) in [5.41, 5.74) is 1.89. The maximum Gasteiger partial charge on any atom is 0.0594 e. The topological polar surface area (TPSA) is 12.5 Å². The Morgan fingerprint density at radius 3 is 2.20 bits per heavy atom. The SMILES string of the molecule is c1ccc(CC2(N3CCOCC3)CCCCCC2)cc1. The lowest BCUT2D eigenvalue weighted by Crippen LogP contribution is -2.54. The third-order valence-electron chi connectivity index (χ3n) is 5.09. The first kappa shape index (κ1) is 14.1. The van der Waals surface area contributed by atoms with Crippen molar-refractivity contribution in [3.8, 4) is 0 Å². The first-order valence-electron chi connectivity index (χ1n) is 8.26. The lowest BCUT2D eigenvalue weighted by molar-refractivity contribution is -0.0292. The Hall–Kier alpha value is -0.860. The van der Waals surface area contributed by atoms with E-state index in [1.54, 1.807) is 0 Å². The molecule has 0 N–H and O–H groups in total. The molecule has 1 aromatic rings. The third kappa shape index (κ3) is 3.24. The predicted octanol–water partition coefficient (Wildman–Crippen LogP) is 3.65. The molecule has 0 radical (unpaired) electrons. The van der Waals surface area contributed by atoms with Crippen molar-refractivity contribution < 1.29 is 4.74 Å². The maximum atomic E-state index is 5.58. The van der Waals surface area contributed by atoms with Gasteiger partial charge in [-0.05, 0) is 24.8 Å². The monoisotopic (exact) mass is 273 g/mol. The van der Waals surface area contributed by atoms with E-state index in [0.717, 1.165) is 26.3 Å². The average molecular weight is 273 g/mol. The highest BCUT2D eigenvalue weighted by atomic mass is 16.5. The van der Waals surface area contributed by atoms with Gasteiger partial charge in [0, 0.05) is 18.6 Å². The summed E-state index contributed by atoms with van der Waals surface area (Å²) in [6, 6.07) is 11.1. The lowest BCUT2D eigenvalue weighted by atomic mass is 9.81. The standard InChI is InChI=1S/C18H27NO/c1-2-7-11-18(10-6-1,19-12-14-20-15-13-19)16-17-8-4-3-5-9-17/h3-5,8-9H,1-2,6-7,10-16H2. The van der Waals surface area contributed by atoms with E-state index in [1.807, 2.05) is 0 Å². The second-order valence-corrected chi connectivity index (χ2v) is 6.40. The van der Waals surface area contributed by atoms with E-state index in [2.05, 4.69) is 35.2 Å². The Morgan fingerprint density at radius 1 is 0.900 bits per heavy atom. The molecule has 110 valence electrons. The fourth-order valence-electron chi connectivity index (χ4n) is 4.00. The molecule has 1 heterocycles. The van der Waals surface area contributed by atoms with Gasteiger partial charge in [-0.25, -0.2) is 0 Å². The molecule has 1 saturated carbocycles. The summed E-state index contributed by atoms with van der Waals surface area (Å²) in [6.07, 6.45) is 9.56. The van der Waals surface area contributed by atoms with Gasteiger partial charge in [0.1, 0.15) is 0 Å². The van der Waals surface area contributed by atoms with E-state index in [1.165, 1.54) is 50.5 Å². The molecule has 3 rings (SSSR count). The lowest BCUT2D eigenvalue weighted by Gasteiger charge is -2.46. The molecule has 2 nitrogen and oxygen atoms in total. The van der Waals surface area contributed by atoms with Gasteiger partial charge in [0.05, 0.1) is 13.2 Å². The average Bonchev–Trinajstić information content (AvgIpc) is 2.76. The van der Waals surface area contributed by atoms with Gasteiger partial charge in [0.15, 0.2) is 0 Å². The summed E-state index contributed by atoms with van der Waals surface area (Å²) in [5, 5.41) is 0. The number of nitrogens with zero attached hydrogens (tertiary/aromatic N) is 1. The zero-order chi connectivity index (χ0) is 13.7. The van der Waals surface area contributed by atoms with Crippen LogP contribution in [0, 0.1) is 0 Å². The van der Waals surface area contributed by atoms with Crippen molar-refractivity contribution in [2.45, 2.75) is 50.5 Å². The van der Waals surface area contributed by atoms with Crippen molar-refractivity contribution in [1.82, 2.24) is 4.90 Å². The molecular formula is C18H27NO. The zero-order valence-electron chi connectivity index (χ0n) is 12.5. The van der Waals surface area contributed by atoms with Crippen LogP contribution in [0.15, 0.2) is 30.3 Å². The zero-order valence-corrected chi connectivity index (χ0v) is 12.5. The second-order valence-electron chi connectivity index (χ2n) is 6.40. The van der Waals surface area contributed by atoms with Crippen molar-refractivity contribution in [1.29, 1.82) is 0 Å². The van der Waals surface area contributed by atoms with Gasteiger partial charge in [0.2, 0.25) is 0 Å². The molecule has 0 spiro atoms. The summed E-state index contributed by atoms with van der Waals surface area (Å²) in [4.78, 5) is 2.74. The van der Waals surface area contributed by atoms with Gasteiger partial charge in [-0.3, -0.25) is 4.90 Å². The minimum absolute atomic E-state index is 0.391. The molecule has 1 saturated heterocycles. The normalized spacial score (nSPS) is 24.2. The summed E-state index contributed by atoms with van der Waals surface area (Å²) in [6.45, 7) is 4.06. The van der Waals surface area contributed by atoms with E-state index in [-0.39, 0.29) is 0 Å². The smallest absolute Gasteiger partial charge is 0.0594 e. The molecule has 0 unspecified atom stereocenters. The van der Waals surface area contributed by atoms with Crippen LogP contribution >= 0.6 is 0 Å². The van der Waals surface area contributed by atoms with Gasteiger partial charge in [0.25, 0.3) is 0 Å². The van der Waals surface area contributed by atoms with Crippen LogP contribution in [-0.4, -0.2) is 36.7 Å². The molecule has 1 aliphatic carbocycles. The van der Waals surface area contributed by atoms with Crippen LogP contribution in [0.2, 0.25) is 0 Å². The Bertz CT molecular complexity index is 389. The second kappa shape index (κ2) is 6.73. The van der Waals surface area contributed by atoms with Crippen molar-refractivity contribution in [3.63, 3.8) is 0 Å². The highest BCUT2D eigenvalue weighted by molar-refractivity contribution is 5.18. The van der Waals surface area contributed by atoms with Crippen molar-refractivity contribution >= 4 is 0 Å². The maximum absolute atomic E-state index is 5.58. The molecule has 0 amide bonds. The van der Waals surface area contributed by atoms with Gasteiger partial charge in [-0.2, -0.15) is 0 Å². The van der Waals surface area contributed by atoms with Crippen LogP contribution < -0.4 is 0 Å². The highest BCUT2D eigenvalue weighted by Gasteiger charge is 2.37. The Kier molecular flexibility index (Phi) is 4.74. The molecule has 0 bridgehead atoms. The number of hydrogen-bond donors (Lipinski definition) is 0. The largest absolute Gasteiger partial charge is 0.379 e. The first-order chi connectivity index (χ1) is 9.89. The van der Waals surface area contributed by atoms with Crippen molar-refractivity contribution in [3.05, 3.63) is 35.9 Å². The molecule has 1 aromatic carbocycles. The molecular weight excluding hydrogens is 246 g/mol. The number of benzene rings is 1. The molecule has 0 atom stereocenters. The summed E-state index contributed by atoms with van der Waals surface area (Å²) < 4.78 is 5.58. The number of rotatable bonds is 3. The van der Waals surface area contributed by atoms with E-state index in [4.69, 9.17) is 4.74 Å².